The largest absolute Gasteiger partial charge is 0.417 e. The zero-order chi connectivity index (χ0) is 13.3. The van der Waals surface area contributed by atoms with E-state index < -0.39 is 6.61 Å². The van der Waals surface area contributed by atoms with Gasteiger partial charge in [-0.2, -0.15) is 24.2 Å². The van der Waals surface area contributed by atoms with Crippen LogP contribution in [0, 0.1) is 11.3 Å². The van der Waals surface area contributed by atoms with Gasteiger partial charge in [-0.15, -0.1) is 0 Å². The lowest BCUT2D eigenvalue weighted by Crippen LogP contribution is -2.05. The molecule has 0 saturated heterocycles. The molecule has 3 N–H and O–H groups in total. The van der Waals surface area contributed by atoms with Crippen LogP contribution < -0.4 is 10.5 Å². The number of anilines is 1. The molecule has 9 heteroatoms. The number of rotatable bonds is 3. The molecular formula is C9H8F2N6O. The van der Waals surface area contributed by atoms with Crippen molar-refractivity contribution < 1.29 is 13.5 Å². The van der Waals surface area contributed by atoms with E-state index in [2.05, 4.69) is 20.0 Å². The van der Waals surface area contributed by atoms with Crippen LogP contribution in [0.2, 0.25) is 0 Å². The summed E-state index contributed by atoms with van der Waals surface area (Å²) in [4.78, 5) is 0. The summed E-state index contributed by atoms with van der Waals surface area (Å²) in [7, 11) is 1.43. The molecule has 0 bridgehead atoms. The van der Waals surface area contributed by atoms with Crippen molar-refractivity contribution in [2.45, 2.75) is 6.61 Å². The van der Waals surface area contributed by atoms with E-state index in [9.17, 15) is 8.78 Å². The molecule has 0 spiro atoms. The van der Waals surface area contributed by atoms with Gasteiger partial charge in [0.15, 0.2) is 0 Å². The first-order valence-corrected chi connectivity index (χ1v) is 4.76. The Bertz CT molecular complexity index is 611. The van der Waals surface area contributed by atoms with E-state index in [1.165, 1.54) is 13.1 Å². The van der Waals surface area contributed by atoms with Gasteiger partial charge in [-0.3, -0.25) is 5.10 Å². The highest BCUT2D eigenvalue weighted by molar-refractivity contribution is 5.70. The van der Waals surface area contributed by atoms with Gasteiger partial charge in [-0.05, 0) is 0 Å². The summed E-state index contributed by atoms with van der Waals surface area (Å²) in [5, 5.41) is 19.0. The number of hydrogen-bond donors (Lipinski definition) is 2. The lowest BCUT2D eigenvalue weighted by atomic mass is 10.2. The zero-order valence-corrected chi connectivity index (χ0v) is 9.19. The number of nitrogens with two attached hydrogens (primary N) is 1. The van der Waals surface area contributed by atoms with Gasteiger partial charge in [0, 0.05) is 13.1 Å². The number of H-pyrrole nitrogens is 1. The van der Waals surface area contributed by atoms with Crippen molar-refractivity contribution in [2.24, 2.45) is 7.05 Å². The average molecular weight is 254 g/mol. The summed E-state index contributed by atoms with van der Waals surface area (Å²) in [5.41, 5.74) is 6.01. The second-order valence-electron chi connectivity index (χ2n) is 3.34. The maximum absolute atomic E-state index is 12.1. The Morgan fingerprint density at radius 1 is 1.61 bits per heavy atom. The number of aromatic nitrogens is 4. The predicted molar refractivity (Wildman–Crippen MR) is 56.5 cm³/mol. The van der Waals surface area contributed by atoms with E-state index in [-0.39, 0.29) is 28.6 Å². The summed E-state index contributed by atoms with van der Waals surface area (Å²) in [5.74, 6) is -0.0417. The van der Waals surface area contributed by atoms with Crippen molar-refractivity contribution >= 4 is 5.82 Å². The number of hydrogen-bond acceptors (Lipinski definition) is 5. The molecular weight excluding hydrogens is 246 g/mol. The highest BCUT2D eigenvalue weighted by Crippen LogP contribution is 2.26. The van der Waals surface area contributed by atoms with E-state index in [0.717, 1.165) is 4.68 Å². The number of nitrogens with one attached hydrogen (secondary N) is 1. The molecule has 94 valence electrons. The lowest BCUT2D eigenvalue weighted by Gasteiger charge is -2.01. The SMILES string of the molecule is Cn1nc(-c2n[nH]c(N)c2C#N)cc1OC(F)F. The molecule has 2 heterocycles. The fourth-order valence-electron chi connectivity index (χ4n) is 1.42. The monoisotopic (exact) mass is 254 g/mol. The molecule has 0 saturated carbocycles. The number of aryl methyl sites for hydroxylation is 1. The highest BCUT2D eigenvalue weighted by atomic mass is 19.3. The predicted octanol–water partition coefficient (Wildman–Crippen LogP) is 0.865. The van der Waals surface area contributed by atoms with E-state index in [1.54, 1.807) is 0 Å². The molecule has 0 amide bonds. The molecule has 2 aromatic rings. The van der Waals surface area contributed by atoms with Gasteiger partial charge >= 0.3 is 6.61 Å². The van der Waals surface area contributed by atoms with Crippen molar-refractivity contribution in [3.63, 3.8) is 0 Å². The van der Waals surface area contributed by atoms with Gasteiger partial charge in [0.05, 0.1) is 0 Å². The summed E-state index contributed by atoms with van der Waals surface area (Å²) in [6, 6.07) is 3.11. The molecule has 0 atom stereocenters. The smallest absolute Gasteiger partial charge is 0.388 e. The van der Waals surface area contributed by atoms with Crippen LogP contribution in [0.3, 0.4) is 0 Å². The van der Waals surface area contributed by atoms with Gasteiger partial charge in [0.25, 0.3) is 0 Å². The van der Waals surface area contributed by atoms with E-state index in [0.29, 0.717) is 0 Å². The second-order valence-corrected chi connectivity index (χ2v) is 3.34. The Morgan fingerprint density at radius 2 is 2.33 bits per heavy atom. The van der Waals surface area contributed by atoms with E-state index >= 15 is 0 Å². The van der Waals surface area contributed by atoms with Crippen LogP contribution >= 0.6 is 0 Å². The fourth-order valence-corrected chi connectivity index (χ4v) is 1.42. The zero-order valence-electron chi connectivity index (χ0n) is 9.19. The fraction of sp³-hybridized carbons (Fsp3) is 0.222. The molecule has 0 aliphatic rings. The Labute approximate surface area is 99.8 Å². The number of halogens is 2. The molecule has 7 nitrogen and oxygen atoms in total. The van der Waals surface area contributed by atoms with Gasteiger partial charge in [-0.1, -0.05) is 0 Å². The summed E-state index contributed by atoms with van der Waals surface area (Å²) < 4.78 is 29.6. The van der Waals surface area contributed by atoms with Crippen molar-refractivity contribution in [2.75, 3.05) is 5.73 Å². The van der Waals surface area contributed by atoms with Crippen molar-refractivity contribution in [3.05, 3.63) is 11.6 Å². The van der Waals surface area contributed by atoms with E-state index in [4.69, 9.17) is 11.0 Å². The van der Waals surface area contributed by atoms with Gasteiger partial charge in [0.1, 0.15) is 28.8 Å². The number of nitrogen functional groups attached to an aromatic ring is 1. The molecule has 0 fully saturated rings. The number of nitrogens with zero attached hydrogens (tertiary/aromatic N) is 4. The minimum Gasteiger partial charge on any atom is -0.417 e. The minimum atomic E-state index is -2.95. The minimum absolute atomic E-state index is 0.0921. The summed E-state index contributed by atoms with van der Waals surface area (Å²) in [6.45, 7) is -2.95. The molecule has 0 aromatic carbocycles. The number of aromatic amines is 1. The van der Waals surface area contributed by atoms with Gasteiger partial charge in [-0.25, -0.2) is 4.68 Å². The average Bonchev–Trinajstić information content (AvgIpc) is 2.82. The molecule has 18 heavy (non-hydrogen) atoms. The Morgan fingerprint density at radius 3 is 2.94 bits per heavy atom. The molecule has 2 aromatic heterocycles. The van der Waals surface area contributed by atoms with Gasteiger partial charge < -0.3 is 10.5 Å². The topological polar surface area (TPSA) is 106 Å². The van der Waals surface area contributed by atoms with Crippen LogP contribution in [-0.2, 0) is 7.05 Å². The summed E-state index contributed by atoms with van der Waals surface area (Å²) >= 11 is 0. The maximum Gasteiger partial charge on any atom is 0.388 e. The summed E-state index contributed by atoms with van der Waals surface area (Å²) in [6.07, 6.45) is 0. The quantitative estimate of drug-likeness (QED) is 0.845. The Hall–Kier alpha value is -2.63. The van der Waals surface area contributed by atoms with E-state index in [1.807, 2.05) is 6.07 Å². The number of alkyl halides is 2. The first-order chi connectivity index (χ1) is 8.52. The van der Waals surface area contributed by atoms with Crippen LogP contribution in [0.1, 0.15) is 5.56 Å². The highest BCUT2D eigenvalue weighted by Gasteiger charge is 2.18. The molecule has 0 aliphatic heterocycles. The third-order valence-corrected chi connectivity index (χ3v) is 2.20. The van der Waals surface area contributed by atoms with Crippen molar-refractivity contribution in [3.8, 4) is 23.3 Å². The van der Waals surface area contributed by atoms with Crippen LogP contribution in [0.25, 0.3) is 11.4 Å². The van der Waals surface area contributed by atoms with Crippen LogP contribution in [0.5, 0.6) is 5.88 Å². The Kier molecular flexibility index (Phi) is 2.85. The van der Waals surface area contributed by atoms with Crippen LogP contribution in [0.15, 0.2) is 6.07 Å². The lowest BCUT2D eigenvalue weighted by molar-refractivity contribution is -0.0553. The third-order valence-electron chi connectivity index (χ3n) is 2.20. The molecule has 0 aliphatic carbocycles. The van der Waals surface area contributed by atoms with Crippen LogP contribution in [-0.4, -0.2) is 26.6 Å². The Balaban J connectivity index is 2.43. The van der Waals surface area contributed by atoms with Crippen molar-refractivity contribution in [1.29, 1.82) is 5.26 Å². The number of ether oxygens (including phenoxy) is 1. The normalized spacial score (nSPS) is 10.6. The molecule has 0 radical (unpaired) electrons. The first kappa shape index (κ1) is 11.8. The number of nitriles is 1. The molecule has 2 rings (SSSR count). The van der Waals surface area contributed by atoms with Crippen molar-refractivity contribution in [1.82, 2.24) is 20.0 Å². The third kappa shape index (κ3) is 1.95. The van der Waals surface area contributed by atoms with Gasteiger partial charge in [0.2, 0.25) is 5.88 Å². The standard InChI is InChI=1S/C9H8F2N6O/c1-17-6(18-9(10)11)2-5(16-17)7-4(3-12)8(13)15-14-7/h2,9H,1H3,(H3,13,14,15). The van der Waals surface area contributed by atoms with Crippen LogP contribution in [0.4, 0.5) is 14.6 Å². The second kappa shape index (κ2) is 4.33. The maximum atomic E-state index is 12.1. The molecule has 0 unspecified atom stereocenters. The first-order valence-electron chi connectivity index (χ1n) is 4.76.